The number of anilines is 1. The molecule has 0 aliphatic heterocycles. The van der Waals surface area contributed by atoms with Gasteiger partial charge in [-0.25, -0.2) is 0 Å². The number of nitrogen functional groups attached to an aromatic ring is 1. The number of nitrogens with two attached hydrogens (primary N) is 1. The summed E-state index contributed by atoms with van der Waals surface area (Å²) in [7, 11) is 0. The molecule has 1 aromatic carbocycles. The van der Waals surface area contributed by atoms with E-state index in [2.05, 4.69) is 6.92 Å². The highest BCUT2D eigenvalue weighted by atomic mass is 16.3. The van der Waals surface area contributed by atoms with E-state index in [1.165, 1.54) is 0 Å². The molecule has 0 bridgehead atoms. The first-order valence-electron chi connectivity index (χ1n) is 6.58. The number of rotatable bonds is 0. The van der Waals surface area contributed by atoms with E-state index in [-0.39, 0.29) is 0 Å². The first kappa shape index (κ1) is 11.8. The highest BCUT2D eigenvalue weighted by molar-refractivity contribution is 5.59. The number of aliphatic hydroxyl groups is 2. The Labute approximate surface area is 107 Å². The summed E-state index contributed by atoms with van der Waals surface area (Å²) >= 11 is 0. The smallest absolute Gasteiger partial charge is 0.103 e. The third kappa shape index (κ3) is 1.51. The molecule has 2 aliphatic carbocycles. The fourth-order valence-electron chi connectivity index (χ4n) is 3.45. The fourth-order valence-corrected chi connectivity index (χ4v) is 3.45. The third-order valence-corrected chi connectivity index (χ3v) is 4.35. The van der Waals surface area contributed by atoms with Gasteiger partial charge in [-0.1, -0.05) is 19.1 Å². The fraction of sp³-hybridized carbons (Fsp3) is 0.467. The van der Waals surface area contributed by atoms with Crippen LogP contribution in [0.15, 0.2) is 29.3 Å². The number of hydrogen-bond donors (Lipinski definition) is 3. The molecule has 0 radical (unpaired) electrons. The molecular weight excluding hydrogens is 226 g/mol. The van der Waals surface area contributed by atoms with Crippen molar-refractivity contribution in [3.05, 3.63) is 40.5 Å². The van der Waals surface area contributed by atoms with E-state index in [9.17, 15) is 10.2 Å². The monoisotopic (exact) mass is 245 g/mol. The van der Waals surface area contributed by atoms with E-state index >= 15 is 0 Å². The van der Waals surface area contributed by atoms with Gasteiger partial charge in [-0.3, -0.25) is 0 Å². The van der Waals surface area contributed by atoms with Crippen LogP contribution in [0.25, 0.3) is 0 Å². The quantitative estimate of drug-likeness (QED) is 0.486. The molecule has 0 unspecified atom stereocenters. The van der Waals surface area contributed by atoms with Crippen LogP contribution in [-0.4, -0.2) is 10.2 Å². The zero-order valence-corrected chi connectivity index (χ0v) is 10.6. The average Bonchev–Trinajstić information content (AvgIpc) is 2.35. The van der Waals surface area contributed by atoms with Crippen LogP contribution in [0, 0.1) is 5.92 Å². The van der Waals surface area contributed by atoms with Crippen LogP contribution in [0.2, 0.25) is 0 Å². The first-order valence-corrected chi connectivity index (χ1v) is 6.58. The molecule has 3 rings (SSSR count). The van der Waals surface area contributed by atoms with Gasteiger partial charge in [0.05, 0.1) is 0 Å². The van der Waals surface area contributed by atoms with Crippen molar-refractivity contribution >= 4 is 5.69 Å². The van der Waals surface area contributed by atoms with Crippen molar-refractivity contribution in [2.45, 2.75) is 38.4 Å². The minimum atomic E-state index is -0.644. The van der Waals surface area contributed by atoms with Crippen molar-refractivity contribution in [1.82, 2.24) is 0 Å². The minimum absolute atomic E-state index is 0.325. The second-order valence-corrected chi connectivity index (χ2v) is 5.43. The van der Waals surface area contributed by atoms with Crippen LogP contribution in [-0.2, 0) is 0 Å². The van der Waals surface area contributed by atoms with Gasteiger partial charge in [0.1, 0.15) is 12.2 Å². The van der Waals surface area contributed by atoms with Crippen molar-refractivity contribution in [2.75, 3.05) is 5.73 Å². The molecule has 0 spiro atoms. The van der Waals surface area contributed by atoms with Crippen LogP contribution >= 0.6 is 0 Å². The van der Waals surface area contributed by atoms with E-state index < -0.39 is 12.2 Å². The lowest BCUT2D eigenvalue weighted by Crippen LogP contribution is -2.26. The summed E-state index contributed by atoms with van der Waals surface area (Å²) in [5, 5.41) is 21.1. The highest BCUT2D eigenvalue weighted by Crippen LogP contribution is 2.49. The van der Waals surface area contributed by atoms with Crippen LogP contribution in [0.1, 0.15) is 49.5 Å². The van der Waals surface area contributed by atoms with Gasteiger partial charge in [0.15, 0.2) is 0 Å². The second kappa shape index (κ2) is 4.11. The van der Waals surface area contributed by atoms with E-state index in [1.807, 2.05) is 12.1 Å². The summed E-state index contributed by atoms with van der Waals surface area (Å²) in [6.07, 6.45) is 1.80. The SMILES string of the molecule is C[C@@H]1CCCC2=C1[C@@H](O)c1c(N)cccc1[C@@H]2O. The zero-order chi connectivity index (χ0) is 12.9. The first-order chi connectivity index (χ1) is 8.61. The van der Waals surface area contributed by atoms with Crippen LogP contribution in [0.4, 0.5) is 5.69 Å². The van der Waals surface area contributed by atoms with Crippen molar-refractivity contribution < 1.29 is 10.2 Å². The molecule has 0 saturated carbocycles. The molecule has 18 heavy (non-hydrogen) atoms. The zero-order valence-electron chi connectivity index (χ0n) is 10.6. The molecule has 3 atom stereocenters. The van der Waals surface area contributed by atoms with Gasteiger partial charge in [-0.15, -0.1) is 0 Å². The van der Waals surface area contributed by atoms with Gasteiger partial charge in [0.2, 0.25) is 0 Å². The molecule has 4 N–H and O–H groups in total. The standard InChI is InChI=1S/C15H19NO2/c1-8-4-2-5-9-12(8)15(18)13-10(14(9)17)6-3-7-11(13)16/h3,6-8,14-15,17-18H,2,4-5,16H2,1H3/t8-,14-,15-/m1/s1. The summed E-state index contributed by atoms with van der Waals surface area (Å²) < 4.78 is 0. The molecule has 1 aromatic rings. The second-order valence-electron chi connectivity index (χ2n) is 5.43. The number of hydrogen-bond acceptors (Lipinski definition) is 3. The molecule has 0 saturated heterocycles. The summed E-state index contributed by atoms with van der Waals surface area (Å²) in [4.78, 5) is 0. The normalized spacial score (nSPS) is 30.9. The third-order valence-electron chi connectivity index (χ3n) is 4.35. The molecule has 0 amide bonds. The predicted octanol–water partition coefficient (Wildman–Crippen LogP) is 2.47. The molecule has 2 aliphatic rings. The molecule has 0 fully saturated rings. The Morgan fingerprint density at radius 2 is 2.00 bits per heavy atom. The van der Waals surface area contributed by atoms with E-state index in [1.54, 1.807) is 6.07 Å². The molecular formula is C15H19NO2. The maximum atomic E-state index is 10.6. The van der Waals surface area contributed by atoms with E-state index in [0.717, 1.165) is 36.0 Å². The van der Waals surface area contributed by atoms with E-state index in [4.69, 9.17) is 5.73 Å². The van der Waals surface area contributed by atoms with Crippen LogP contribution < -0.4 is 5.73 Å². The lowest BCUT2D eigenvalue weighted by atomic mass is 9.71. The molecule has 3 nitrogen and oxygen atoms in total. The van der Waals surface area contributed by atoms with E-state index in [0.29, 0.717) is 17.2 Å². The number of aliphatic hydroxyl groups excluding tert-OH is 2. The Kier molecular flexibility index (Phi) is 2.68. The minimum Gasteiger partial charge on any atom is -0.398 e. The lowest BCUT2D eigenvalue weighted by molar-refractivity contribution is 0.149. The molecule has 3 heteroatoms. The highest BCUT2D eigenvalue weighted by Gasteiger charge is 2.37. The average molecular weight is 245 g/mol. The number of benzene rings is 1. The van der Waals surface area contributed by atoms with Crippen molar-refractivity contribution in [3.8, 4) is 0 Å². The topological polar surface area (TPSA) is 66.5 Å². The van der Waals surface area contributed by atoms with Crippen LogP contribution in [0.3, 0.4) is 0 Å². The summed E-state index contributed by atoms with van der Waals surface area (Å²) in [6.45, 7) is 2.12. The Balaban J connectivity index is 2.20. The molecule has 0 aromatic heterocycles. The molecule has 0 heterocycles. The van der Waals surface area contributed by atoms with Crippen molar-refractivity contribution in [2.24, 2.45) is 5.92 Å². The maximum absolute atomic E-state index is 10.6. The van der Waals surface area contributed by atoms with Gasteiger partial charge in [0.25, 0.3) is 0 Å². The van der Waals surface area contributed by atoms with Gasteiger partial charge in [0, 0.05) is 11.3 Å². The summed E-state index contributed by atoms with van der Waals surface area (Å²) in [5.74, 6) is 0.325. The Bertz CT molecular complexity index is 521. The Morgan fingerprint density at radius 3 is 2.78 bits per heavy atom. The van der Waals surface area contributed by atoms with Crippen molar-refractivity contribution in [1.29, 1.82) is 0 Å². The summed E-state index contributed by atoms with van der Waals surface area (Å²) in [6, 6.07) is 5.48. The molecule has 96 valence electrons. The Hall–Kier alpha value is -1.32. The van der Waals surface area contributed by atoms with Gasteiger partial charge in [-0.05, 0) is 48.0 Å². The lowest BCUT2D eigenvalue weighted by Gasteiger charge is -2.38. The summed E-state index contributed by atoms with van der Waals surface area (Å²) in [5.41, 5.74) is 10.0. The maximum Gasteiger partial charge on any atom is 0.103 e. The van der Waals surface area contributed by atoms with Gasteiger partial charge < -0.3 is 15.9 Å². The predicted molar refractivity (Wildman–Crippen MR) is 70.8 cm³/mol. The largest absolute Gasteiger partial charge is 0.398 e. The number of fused-ring (bicyclic) bond motifs is 1. The van der Waals surface area contributed by atoms with Crippen molar-refractivity contribution in [3.63, 3.8) is 0 Å². The van der Waals surface area contributed by atoms with Crippen LogP contribution in [0.5, 0.6) is 0 Å². The van der Waals surface area contributed by atoms with Gasteiger partial charge in [-0.2, -0.15) is 0 Å². The Morgan fingerprint density at radius 1 is 1.22 bits per heavy atom. The van der Waals surface area contributed by atoms with Gasteiger partial charge >= 0.3 is 0 Å².